The molecule has 2 heterocycles. The molecule has 4 rings (SSSR count). The topological polar surface area (TPSA) is 76.4 Å². The molecule has 1 aromatic heterocycles. The highest BCUT2D eigenvalue weighted by atomic mass is 35.5. The van der Waals surface area contributed by atoms with Crippen molar-refractivity contribution in [2.75, 3.05) is 6.26 Å². The van der Waals surface area contributed by atoms with Crippen molar-refractivity contribution < 1.29 is 22.7 Å². The van der Waals surface area contributed by atoms with Gasteiger partial charge in [0, 0.05) is 46.3 Å². The maximum Gasteiger partial charge on any atom is 0.304 e. The van der Waals surface area contributed by atoms with Gasteiger partial charge in [0.15, 0.2) is 9.84 Å². The molecule has 2 aromatic carbocycles. The number of sulfone groups is 1. The first kappa shape index (κ1) is 21.2. The van der Waals surface area contributed by atoms with Crippen LogP contribution in [0.5, 0.6) is 0 Å². The van der Waals surface area contributed by atoms with Crippen molar-refractivity contribution in [1.82, 2.24) is 4.57 Å². The second-order valence-electron chi connectivity index (χ2n) is 7.58. The van der Waals surface area contributed by atoms with E-state index in [1.165, 1.54) is 6.07 Å². The summed E-state index contributed by atoms with van der Waals surface area (Å²) >= 11 is 12.4. The number of benzene rings is 2. The molecule has 0 aliphatic carbocycles. The van der Waals surface area contributed by atoms with Crippen LogP contribution >= 0.6 is 23.2 Å². The Morgan fingerprint density at radius 1 is 1.27 bits per heavy atom. The van der Waals surface area contributed by atoms with E-state index in [0.717, 1.165) is 23.6 Å². The Hall–Kier alpha value is -2.09. The Morgan fingerprint density at radius 2 is 2.00 bits per heavy atom. The summed E-state index contributed by atoms with van der Waals surface area (Å²) in [4.78, 5) is 11.3. The summed E-state index contributed by atoms with van der Waals surface area (Å²) in [6.07, 6.45) is 1.81. The van der Waals surface area contributed by atoms with Crippen molar-refractivity contribution in [3.63, 3.8) is 0 Å². The molecule has 158 valence electrons. The molecular formula is C21H18Cl2FNO4S. The Bertz CT molecular complexity index is 1300. The van der Waals surface area contributed by atoms with Gasteiger partial charge in [-0.05, 0) is 41.8 Å². The van der Waals surface area contributed by atoms with Crippen LogP contribution in [0.4, 0.5) is 4.39 Å². The van der Waals surface area contributed by atoms with Crippen molar-refractivity contribution >= 4 is 49.9 Å². The molecule has 1 aliphatic rings. The number of nitrogens with zero attached hydrogens (tertiary/aromatic N) is 1. The highest BCUT2D eigenvalue weighted by Crippen LogP contribution is 2.44. The fourth-order valence-electron chi connectivity index (χ4n) is 4.37. The van der Waals surface area contributed by atoms with Gasteiger partial charge in [0.05, 0.1) is 16.8 Å². The minimum atomic E-state index is -3.74. The third kappa shape index (κ3) is 3.70. The van der Waals surface area contributed by atoms with Gasteiger partial charge in [0.2, 0.25) is 0 Å². The number of halogens is 3. The smallest absolute Gasteiger partial charge is 0.304 e. The number of hydrogen-bond acceptors (Lipinski definition) is 3. The van der Waals surface area contributed by atoms with Gasteiger partial charge in [-0.1, -0.05) is 29.3 Å². The summed E-state index contributed by atoms with van der Waals surface area (Å²) in [7, 11) is -3.74. The predicted octanol–water partition coefficient (Wildman–Crippen LogP) is 5.04. The molecule has 5 nitrogen and oxygen atoms in total. The van der Waals surface area contributed by atoms with Crippen molar-refractivity contribution in [2.45, 2.75) is 36.6 Å². The summed E-state index contributed by atoms with van der Waals surface area (Å²) in [5, 5.41) is 10.7. The number of carboxylic acid groups (broad SMARTS) is 1. The number of fused-ring (bicyclic) bond motifs is 3. The second kappa shape index (κ2) is 7.55. The zero-order chi connectivity index (χ0) is 21.8. The highest BCUT2D eigenvalue weighted by molar-refractivity contribution is 7.91. The molecule has 1 N–H and O–H groups in total. The zero-order valence-electron chi connectivity index (χ0n) is 16.0. The fraction of sp³-hybridized carbons (Fsp3) is 0.286. The van der Waals surface area contributed by atoms with Crippen LogP contribution in [0, 0.1) is 5.82 Å². The molecule has 0 spiro atoms. The van der Waals surface area contributed by atoms with E-state index in [-0.39, 0.29) is 23.7 Å². The van der Waals surface area contributed by atoms with Gasteiger partial charge in [-0.25, -0.2) is 12.8 Å². The lowest BCUT2D eigenvalue weighted by atomic mass is 9.92. The third-order valence-corrected chi connectivity index (χ3v) is 7.24. The summed E-state index contributed by atoms with van der Waals surface area (Å²) < 4.78 is 41.2. The number of aryl methyl sites for hydroxylation is 1. The van der Waals surface area contributed by atoms with Gasteiger partial charge >= 0.3 is 5.97 Å². The molecule has 9 heteroatoms. The fourth-order valence-corrected chi connectivity index (χ4v) is 5.77. The number of hydrogen-bond donors (Lipinski definition) is 1. The van der Waals surface area contributed by atoms with Crippen LogP contribution < -0.4 is 0 Å². The van der Waals surface area contributed by atoms with E-state index >= 15 is 0 Å². The van der Waals surface area contributed by atoms with E-state index in [4.69, 9.17) is 23.2 Å². The third-order valence-electron chi connectivity index (χ3n) is 5.53. The maximum atomic E-state index is 14.3. The van der Waals surface area contributed by atoms with Gasteiger partial charge in [-0.3, -0.25) is 4.79 Å². The minimum Gasteiger partial charge on any atom is -0.481 e. The lowest BCUT2D eigenvalue weighted by Gasteiger charge is -2.13. The molecule has 0 saturated heterocycles. The average Bonchev–Trinajstić information content (AvgIpc) is 3.15. The van der Waals surface area contributed by atoms with Crippen LogP contribution in [0.25, 0.3) is 10.9 Å². The number of aromatic nitrogens is 1. The van der Waals surface area contributed by atoms with Gasteiger partial charge in [0.1, 0.15) is 5.82 Å². The van der Waals surface area contributed by atoms with Crippen LogP contribution in [0.2, 0.25) is 10.0 Å². The summed E-state index contributed by atoms with van der Waals surface area (Å²) in [5.74, 6) is -1.89. The summed E-state index contributed by atoms with van der Waals surface area (Å²) in [6.45, 7) is 0.491. The van der Waals surface area contributed by atoms with Gasteiger partial charge in [-0.15, -0.1) is 0 Å². The summed E-state index contributed by atoms with van der Waals surface area (Å²) in [6, 6.07) is 7.37. The first-order valence-corrected chi connectivity index (χ1v) is 11.9. The zero-order valence-corrected chi connectivity index (χ0v) is 18.3. The van der Waals surface area contributed by atoms with E-state index in [9.17, 15) is 22.7 Å². The predicted molar refractivity (Wildman–Crippen MR) is 114 cm³/mol. The Balaban J connectivity index is 2.04. The molecule has 1 atom stereocenters. The first-order valence-electron chi connectivity index (χ1n) is 9.26. The van der Waals surface area contributed by atoms with Crippen LogP contribution in [0.1, 0.15) is 35.6 Å². The van der Waals surface area contributed by atoms with Crippen LogP contribution in [-0.2, 0) is 27.6 Å². The molecule has 1 aliphatic heterocycles. The quantitative estimate of drug-likeness (QED) is 0.567. The van der Waals surface area contributed by atoms with Crippen molar-refractivity contribution in [1.29, 1.82) is 0 Å². The lowest BCUT2D eigenvalue weighted by molar-refractivity contribution is -0.137. The largest absolute Gasteiger partial charge is 0.481 e. The normalized spacial score (nSPS) is 16.2. The van der Waals surface area contributed by atoms with E-state index < -0.39 is 21.6 Å². The molecule has 0 fully saturated rings. The Kier molecular flexibility index (Phi) is 5.33. The average molecular weight is 470 g/mol. The Labute approximate surface area is 182 Å². The van der Waals surface area contributed by atoms with Crippen LogP contribution in [0.15, 0.2) is 35.2 Å². The number of aliphatic carboxylic acids is 1. The van der Waals surface area contributed by atoms with Crippen molar-refractivity contribution in [2.24, 2.45) is 0 Å². The van der Waals surface area contributed by atoms with Crippen LogP contribution in [0.3, 0.4) is 0 Å². The SMILES string of the molecule is CS(=O)(=O)c1cc(F)cc2c1c(Cc1ccc(Cl)cc1Cl)c1n2CCC1CC(=O)O. The van der Waals surface area contributed by atoms with Crippen LogP contribution in [-0.4, -0.2) is 30.3 Å². The van der Waals surface area contributed by atoms with Crippen molar-refractivity contribution in [3.8, 4) is 0 Å². The second-order valence-corrected chi connectivity index (χ2v) is 10.4. The maximum absolute atomic E-state index is 14.3. The molecule has 1 unspecified atom stereocenters. The number of carboxylic acids is 1. The molecule has 3 aromatic rings. The number of rotatable bonds is 5. The first-order chi connectivity index (χ1) is 14.1. The molecule has 0 saturated carbocycles. The van der Waals surface area contributed by atoms with E-state index in [2.05, 4.69) is 0 Å². The van der Waals surface area contributed by atoms with E-state index in [1.807, 2.05) is 4.57 Å². The lowest BCUT2D eigenvalue weighted by Crippen LogP contribution is -2.06. The molecular weight excluding hydrogens is 452 g/mol. The monoisotopic (exact) mass is 469 g/mol. The van der Waals surface area contributed by atoms with Crippen molar-refractivity contribution in [3.05, 3.63) is 63.0 Å². The van der Waals surface area contributed by atoms with Gasteiger partial charge < -0.3 is 9.67 Å². The molecule has 0 amide bonds. The number of carbonyl (C=O) groups is 1. The summed E-state index contributed by atoms with van der Waals surface area (Å²) in [5.41, 5.74) is 2.58. The van der Waals surface area contributed by atoms with Gasteiger partial charge in [-0.2, -0.15) is 0 Å². The molecule has 0 radical (unpaired) electrons. The highest BCUT2D eigenvalue weighted by Gasteiger charge is 2.33. The molecule has 30 heavy (non-hydrogen) atoms. The standard InChI is InChI=1S/C21H18Cl2FNO4S/c1-30(28,29)18-10-14(24)9-17-20(18)15(6-11-2-3-13(22)8-16(11)23)21-12(7-19(26)27)4-5-25(17)21/h2-3,8-10,12H,4-7H2,1H3,(H,26,27). The van der Waals surface area contributed by atoms with Gasteiger partial charge in [0.25, 0.3) is 0 Å². The van der Waals surface area contributed by atoms with E-state index in [0.29, 0.717) is 39.5 Å². The Morgan fingerprint density at radius 3 is 2.63 bits per heavy atom. The van der Waals surface area contributed by atoms with E-state index in [1.54, 1.807) is 18.2 Å². The minimum absolute atomic E-state index is 0.0889. The molecule has 0 bridgehead atoms.